The lowest BCUT2D eigenvalue weighted by atomic mass is 10.0. The largest absolute Gasteiger partial charge is 0.467 e. The molecule has 18 heavy (non-hydrogen) atoms. The fourth-order valence-corrected chi connectivity index (χ4v) is 2.40. The fraction of sp³-hybridized carbons (Fsp3) is 0.750. The summed E-state index contributed by atoms with van der Waals surface area (Å²) in [4.78, 5) is 12.6. The van der Waals surface area contributed by atoms with Crippen LogP contribution in [0, 0.1) is 5.92 Å². The van der Waals surface area contributed by atoms with Gasteiger partial charge in [0.2, 0.25) is 11.9 Å². The van der Waals surface area contributed by atoms with Crippen molar-refractivity contribution in [3.63, 3.8) is 0 Å². The molecule has 0 radical (unpaired) electrons. The number of hydrogen-bond acceptors (Lipinski definition) is 6. The van der Waals surface area contributed by atoms with E-state index in [9.17, 15) is 0 Å². The lowest BCUT2D eigenvalue weighted by molar-refractivity contribution is 0.379. The first-order valence-electron chi connectivity index (χ1n) is 6.47. The Bertz CT molecular complexity index is 370. The summed E-state index contributed by atoms with van der Waals surface area (Å²) < 4.78 is 5.06. The van der Waals surface area contributed by atoms with Crippen molar-refractivity contribution in [1.29, 1.82) is 0 Å². The van der Waals surface area contributed by atoms with Gasteiger partial charge in [0.15, 0.2) is 0 Å². The average Bonchev–Trinajstić information content (AvgIpc) is 2.92. The predicted octanol–water partition coefficient (Wildman–Crippen LogP) is 1.91. The Balaban J connectivity index is 2.07. The summed E-state index contributed by atoms with van der Waals surface area (Å²) in [5, 5.41) is 6.25. The molecular formula is C12H21N5O. The number of anilines is 2. The zero-order chi connectivity index (χ0) is 13.0. The zero-order valence-electron chi connectivity index (χ0n) is 11.2. The monoisotopic (exact) mass is 251 g/mol. The molecule has 0 aliphatic heterocycles. The van der Waals surface area contributed by atoms with Crippen LogP contribution in [0.1, 0.15) is 32.6 Å². The van der Waals surface area contributed by atoms with Crippen molar-refractivity contribution in [3.8, 4) is 6.01 Å². The Labute approximate surface area is 108 Å². The van der Waals surface area contributed by atoms with Gasteiger partial charge in [0, 0.05) is 13.1 Å². The van der Waals surface area contributed by atoms with Crippen LogP contribution in [0.3, 0.4) is 0 Å². The number of hydrogen-bond donors (Lipinski definition) is 2. The van der Waals surface area contributed by atoms with Gasteiger partial charge in [0.1, 0.15) is 0 Å². The van der Waals surface area contributed by atoms with Crippen molar-refractivity contribution in [3.05, 3.63) is 0 Å². The molecule has 1 fully saturated rings. The minimum atomic E-state index is 0.329. The van der Waals surface area contributed by atoms with Crippen LogP contribution < -0.4 is 15.4 Å². The van der Waals surface area contributed by atoms with Crippen LogP contribution in [0.5, 0.6) is 6.01 Å². The first kappa shape index (κ1) is 12.9. The molecule has 1 aliphatic carbocycles. The van der Waals surface area contributed by atoms with Gasteiger partial charge in [-0.2, -0.15) is 15.0 Å². The second kappa shape index (κ2) is 5.84. The van der Waals surface area contributed by atoms with Gasteiger partial charge in [-0.25, -0.2) is 0 Å². The van der Waals surface area contributed by atoms with Crippen molar-refractivity contribution in [2.24, 2.45) is 5.92 Å². The molecule has 1 atom stereocenters. The molecule has 1 aromatic heterocycles. The summed E-state index contributed by atoms with van der Waals surface area (Å²) in [5.41, 5.74) is 0. The molecule has 2 rings (SSSR count). The SMILES string of the molecule is CNc1nc(NC(C)C2CCCC2)nc(OC)n1. The Hall–Kier alpha value is -1.59. The molecule has 1 aliphatic rings. The van der Waals surface area contributed by atoms with Crippen LogP contribution in [0.15, 0.2) is 0 Å². The number of methoxy groups -OCH3 is 1. The topological polar surface area (TPSA) is 72.0 Å². The third-order valence-electron chi connectivity index (χ3n) is 3.48. The standard InChI is InChI=1S/C12H21N5O/c1-8(9-6-4-5-7-9)14-11-15-10(13-2)16-12(17-11)18-3/h8-9H,4-7H2,1-3H3,(H2,13,14,15,16,17). The van der Waals surface area contributed by atoms with E-state index in [1.54, 1.807) is 14.2 Å². The van der Waals surface area contributed by atoms with Gasteiger partial charge in [-0.3, -0.25) is 0 Å². The fourth-order valence-electron chi connectivity index (χ4n) is 2.40. The van der Waals surface area contributed by atoms with E-state index in [0.29, 0.717) is 29.9 Å². The molecule has 0 saturated heterocycles. The van der Waals surface area contributed by atoms with E-state index in [1.165, 1.54) is 25.7 Å². The average molecular weight is 251 g/mol. The van der Waals surface area contributed by atoms with Gasteiger partial charge < -0.3 is 15.4 Å². The van der Waals surface area contributed by atoms with Crippen LogP contribution >= 0.6 is 0 Å². The molecule has 1 aromatic rings. The van der Waals surface area contributed by atoms with Gasteiger partial charge in [-0.05, 0) is 25.7 Å². The van der Waals surface area contributed by atoms with Crippen molar-refractivity contribution in [2.75, 3.05) is 24.8 Å². The van der Waals surface area contributed by atoms with E-state index < -0.39 is 0 Å². The molecule has 100 valence electrons. The molecule has 0 amide bonds. The highest BCUT2D eigenvalue weighted by molar-refractivity contribution is 5.36. The van der Waals surface area contributed by atoms with Gasteiger partial charge in [-0.1, -0.05) is 12.8 Å². The van der Waals surface area contributed by atoms with E-state index >= 15 is 0 Å². The smallest absolute Gasteiger partial charge is 0.322 e. The Morgan fingerprint density at radius 3 is 2.44 bits per heavy atom. The number of ether oxygens (including phenoxy) is 1. The third kappa shape index (κ3) is 3.00. The summed E-state index contributed by atoms with van der Waals surface area (Å²) in [6, 6.07) is 0.708. The molecule has 0 bridgehead atoms. The quantitative estimate of drug-likeness (QED) is 0.833. The Morgan fingerprint density at radius 1 is 1.17 bits per heavy atom. The number of rotatable bonds is 5. The summed E-state index contributed by atoms with van der Waals surface area (Å²) in [5.74, 6) is 1.80. The Morgan fingerprint density at radius 2 is 1.83 bits per heavy atom. The molecule has 6 heteroatoms. The first-order valence-corrected chi connectivity index (χ1v) is 6.47. The van der Waals surface area contributed by atoms with Crippen molar-refractivity contribution in [1.82, 2.24) is 15.0 Å². The van der Waals surface area contributed by atoms with Crippen LogP contribution in [-0.2, 0) is 0 Å². The van der Waals surface area contributed by atoms with Crippen LogP contribution in [-0.4, -0.2) is 35.2 Å². The van der Waals surface area contributed by atoms with Gasteiger partial charge in [0.05, 0.1) is 7.11 Å². The Kier molecular flexibility index (Phi) is 4.17. The van der Waals surface area contributed by atoms with Crippen LogP contribution in [0.25, 0.3) is 0 Å². The van der Waals surface area contributed by atoms with Crippen LogP contribution in [0.4, 0.5) is 11.9 Å². The number of nitrogens with zero attached hydrogens (tertiary/aromatic N) is 3. The first-order chi connectivity index (χ1) is 8.72. The summed E-state index contributed by atoms with van der Waals surface area (Å²) in [7, 11) is 3.33. The summed E-state index contributed by atoms with van der Waals surface area (Å²) in [6.07, 6.45) is 5.24. The summed E-state index contributed by atoms with van der Waals surface area (Å²) in [6.45, 7) is 2.19. The maximum absolute atomic E-state index is 5.06. The van der Waals surface area contributed by atoms with Gasteiger partial charge >= 0.3 is 6.01 Å². The number of nitrogens with one attached hydrogen (secondary N) is 2. The van der Waals surface area contributed by atoms with Crippen LogP contribution in [0.2, 0.25) is 0 Å². The van der Waals surface area contributed by atoms with E-state index in [-0.39, 0.29) is 0 Å². The minimum absolute atomic E-state index is 0.329. The van der Waals surface area contributed by atoms with Crippen molar-refractivity contribution >= 4 is 11.9 Å². The highest BCUT2D eigenvalue weighted by atomic mass is 16.5. The molecule has 0 spiro atoms. The molecule has 1 unspecified atom stereocenters. The van der Waals surface area contributed by atoms with E-state index in [1.807, 2.05) is 0 Å². The zero-order valence-corrected chi connectivity index (χ0v) is 11.2. The molecule has 1 saturated carbocycles. The third-order valence-corrected chi connectivity index (χ3v) is 3.48. The maximum atomic E-state index is 5.06. The minimum Gasteiger partial charge on any atom is -0.467 e. The molecule has 2 N–H and O–H groups in total. The normalized spacial score (nSPS) is 17.5. The van der Waals surface area contributed by atoms with E-state index in [0.717, 1.165) is 0 Å². The molecular weight excluding hydrogens is 230 g/mol. The maximum Gasteiger partial charge on any atom is 0.322 e. The molecule has 0 aromatic carbocycles. The second-order valence-electron chi connectivity index (χ2n) is 4.70. The highest BCUT2D eigenvalue weighted by Gasteiger charge is 2.22. The predicted molar refractivity (Wildman–Crippen MR) is 71.0 cm³/mol. The van der Waals surface area contributed by atoms with Gasteiger partial charge in [0.25, 0.3) is 0 Å². The second-order valence-corrected chi connectivity index (χ2v) is 4.70. The highest BCUT2D eigenvalue weighted by Crippen LogP contribution is 2.28. The van der Waals surface area contributed by atoms with E-state index in [4.69, 9.17) is 4.74 Å². The summed E-state index contributed by atoms with van der Waals surface area (Å²) >= 11 is 0. The van der Waals surface area contributed by atoms with E-state index in [2.05, 4.69) is 32.5 Å². The van der Waals surface area contributed by atoms with Gasteiger partial charge in [-0.15, -0.1) is 0 Å². The van der Waals surface area contributed by atoms with Crippen molar-refractivity contribution < 1.29 is 4.74 Å². The lowest BCUT2D eigenvalue weighted by Crippen LogP contribution is -2.25. The lowest BCUT2D eigenvalue weighted by Gasteiger charge is -2.20. The van der Waals surface area contributed by atoms with Crippen molar-refractivity contribution in [2.45, 2.75) is 38.6 Å². The molecule has 6 nitrogen and oxygen atoms in total. The number of aromatic nitrogens is 3. The molecule has 1 heterocycles.